The highest BCUT2D eigenvalue weighted by atomic mass is 19.4. The van der Waals surface area contributed by atoms with Crippen molar-refractivity contribution >= 4 is 23.3 Å². The summed E-state index contributed by atoms with van der Waals surface area (Å²) >= 11 is 0. The summed E-state index contributed by atoms with van der Waals surface area (Å²) in [6.45, 7) is 1.76. The first-order chi connectivity index (χ1) is 16.1. The van der Waals surface area contributed by atoms with Gasteiger partial charge in [-0.3, -0.25) is 4.79 Å². The van der Waals surface area contributed by atoms with Gasteiger partial charge in [0.1, 0.15) is 5.75 Å². The Labute approximate surface area is 195 Å². The molecule has 3 rings (SSSR count). The van der Waals surface area contributed by atoms with Crippen LogP contribution in [-0.2, 0) is 6.18 Å². The van der Waals surface area contributed by atoms with Gasteiger partial charge in [0.2, 0.25) is 0 Å². The molecule has 0 saturated heterocycles. The summed E-state index contributed by atoms with van der Waals surface area (Å²) in [5.41, 5.74) is -0.434. The monoisotopic (exact) mass is 471 g/mol. The average molecular weight is 471 g/mol. The van der Waals surface area contributed by atoms with Crippen LogP contribution in [0.25, 0.3) is 0 Å². The molecule has 3 aromatic rings. The summed E-state index contributed by atoms with van der Waals surface area (Å²) in [5.74, 6) is 0.107. The molecule has 0 aromatic heterocycles. The van der Waals surface area contributed by atoms with Crippen LogP contribution in [-0.4, -0.2) is 31.0 Å². The number of urea groups is 1. The molecule has 0 radical (unpaired) electrons. The van der Waals surface area contributed by atoms with Crippen molar-refractivity contribution in [3.8, 4) is 5.75 Å². The molecular formula is C25H24F3N3O3. The van der Waals surface area contributed by atoms with E-state index in [1.807, 2.05) is 0 Å². The molecule has 34 heavy (non-hydrogen) atoms. The molecule has 0 spiro atoms. The third-order valence-electron chi connectivity index (χ3n) is 5.36. The van der Waals surface area contributed by atoms with Crippen molar-refractivity contribution < 1.29 is 27.5 Å². The number of benzene rings is 3. The fourth-order valence-electron chi connectivity index (χ4n) is 3.24. The van der Waals surface area contributed by atoms with Gasteiger partial charge >= 0.3 is 12.2 Å². The van der Waals surface area contributed by atoms with Crippen molar-refractivity contribution in [3.05, 3.63) is 89.5 Å². The maximum atomic E-state index is 13.7. The van der Waals surface area contributed by atoms with E-state index in [4.69, 9.17) is 4.74 Å². The van der Waals surface area contributed by atoms with Crippen molar-refractivity contribution in [1.29, 1.82) is 0 Å². The molecule has 178 valence electrons. The van der Waals surface area contributed by atoms with Crippen molar-refractivity contribution in [2.45, 2.75) is 19.1 Å². The number of carbonyl (C=O) groups excluding carboxylic acids is 2. The second kappa shape index (κ2) is 10.3. The van der Waals surface area contributed by atoms with Crippen LogP contribution in [0, 0.1) is 0 Å². The number of rotatable bonds is 6. The third kappa shape index (κ3) is 5.86. The number of ether oxygens (including phenoxy) is 1. The van der Waals surface area contributed by atoms with E-state index in [0.717, 1.165) is 17.7 Å². The van der Waals surface area contributed by atoms with E-state index in [1.165, 1.54) is 25.1 Å². The number of amides is 3. The second-order valence-electron chi connectivity index (χ2n) is 7.57. The predicted octanol–water partition coefficient (Wildman–Crippen LogP) is 6.19. The van der Waals surface area contributed by atoms with Gasteiger partial charge in [-0.2, -0.15) is 13.2 Å². The van der Waals surface area contributed by atoms with Crippen LogP contribution in [0.15, 0.2) is 72.8 Å². The number of alkyl halides is 3. The molecule has 3 amide bonds. The van der Waals surface area contributed by atoms with Crippen molar-refractivity contribution in [2.75, 3.05) is 24.8 Å². The molecular weight excluding hydrogens is 447 g/mol. The first-order valence-corrected chi connectivity index (χ1v) is 10.4. The van der Waals surface area contributed by atoms with Crippen molar-refractivity contribution in [1.82, 2.24) is 4.90 Å². The Kier molecular flexibility index (Phi) is 7.45. The SMILES string of the molecule is COc1ccc(C(C)N(C)C(=O)Nc2ccc(NC(=O)c3ccccc3)cc2C(F)(F)F)cc1. The molecule has 0 bridgehead atoms. The average Bonchev–Trinajstić information content (AvgIpc) is 2.83. The fraction of sp³-hybridized carbons (Fsp3) is 0.200. The summed E-state index contributed by atoms with van der Waals surface area (Å²) in [6.07, 6.45) is -4.75. The lowest BCUT2D eigenvalue weighted by Crippen LogP contribution is -2.34. The zero-order valence-electron chi connectivity index (χ0n) is 18.8. The van der Waals surface area contributed by atoms with E-state index >= 15 is 0 Å². The Balaban J connectivity index is 1.78. The van der Waals surface area contributed by atoms with E-state index in [0.29, 0.717) is 11.3 Å². The number of methoxy groups -OCH3 is 1. The Hall–Kier alpha value is -4.01. The first-order valence-electron chi connectivity index (χ1n) is 10.4. The summed E-state index contributed by atoms with van der Waals surface area (Å²) in [5, 5.41) is 4.78. The van der Waals surface area contributed by atoms with Crippen LogP contribution in [0.5, 0.6) is 5.75 Å². The van der Waals surface area contributed by atoms with Crippen LogP contribution >= 0.6 is 0 Å². The highest BCUT2D eigenvalue weighted by molar-refractivity contribution is 6.04. The predicted molar refractivity (Wildman–Crippen MR) is 124 cm³/mol. The van der Waals surface area contributed by atoms with Gasteiger partial charge in [0.25, 0.3) is 5.91 Å². The van der Waals surface area contributed by atoms with Crippen LogP contribution in [0.4, 0.5) is 29.3 Å². The maximum Gasteiger partial charge on any atom is 0.418 e. The van der Waals surface area contributed by atoms with Gasteiger partial charge in [-0.25, -0.2) is 4.79 Å². The van der Waals surface area contributed by atoms with Gasteiger partial charge in [-0.05, 0) is 55.0 Å². The minimum Gasteiger partial charge on any atom is -0.497 e. The molecule has 0 aliphatic carbocycles. The smallest absolute Gasteiger partial charge is 0.418 e. The first kappa shape index (κ1) is 24.6. The third-order valence-corrected chi connectivity index (χ3v) is 5.36. The number of hydrogen-bond acceptors (Lipinski definition) is 3. The van der Waals surface area contributed by atoms with E-state index in [-0.39, 0.29) is 5.69 Å². The highest BCUT2D eigenvalue weighted by Crippen LogP contribution is 2.37. The number of anilines is 2. The van der Waals surface area contributed by atoms with Gasteiger partial charge in [-0.15, -0.1) is 0 Å². The van der Waals surface area contributed by atoms with Gasteiger partial charge < -0.3 is 20.3 Å². The van der Waals surface area contributed by atoms with Crippen molar-refractivity contribution in [2.24, 2.45) is 0 Å². The Morgan fingerprint density at radius 1 is 0.941 bits per heavy atom. The quantitative estimate of drug-likeness (QED) is 0.450. The van der Waals surface area contributed by atoms with E-state index in [9.17, 15) is 22.8 Å². The summed E-state index contributed by atoms with van der Waals surface area (Å²) < 4.78 is 46.4. The molecule has 6 nitrogen and oxygen atoms in total. The lowest BCUT2D eigenvalue weighted by molar-refractivity contribution is -0.136. The fourth-order valence-corrected chi connectivity index (χ4v) is 3.24. The molecule has 0 heterocycles. The van der Waals surface area contributed by atoms with Crippen LogP contribution in [0.3, 0.4) is 0 Å². The van der Waals surface area contributed by atoms with E-state index in [2.05, 4.69) is 10.6 Å². The Bertz CT molecular complexity index is 1150. The lowest BCUT2D eigenvalue weighted by Gasteiger charge is -2.26. The number of nitrogens with one attached hydrogen (secondary N) is 2. The second-order valence-corrected chi connectivity index (χ2v) is 7.57. The van der Waals surface area contributed by atoms with Crippen LogP contribution in [0.1, 0.15) is 34.5 Å². The molecule has 0 fully saturated rings. The van der Waals surface area contributed by atoms with Gasteiger partial charge in [-0.1, -0.05) is 30.3 Å². The largest absolute Gasteiger partial charge is 0.497 e. The van der Waals surface area contributed by atoms with Gasteiger partial charge in [0, 0.05) is 18.3 Å². The van der Waals surface area contributed by atoms with Gasteiger partial charge in [0.15, 0.2) is 0 Å². The number of hydrogen-bond donors (Lipinski definition) is 2. The molecule has 0 aliphatic heterocycles. The molecule has 3 aromatic carbocycles. The topological polar surface area (TPSA) is 70.7 Å². The Morgan fingerprint density at radius 2 is 1.59 bits per heavy atom. The van der Waals surface area contributed by atoms with Crippen LogP contribution in [0.2, 0.25) is 0 Å². The minimum atomic E-state index is -4.75. The molecule has 2 N–H and O–H groups in total. The maximum absolute atomic E-state index is 13.7. The molecule has 0 saturated carbocycles. The molecule has 1 atom stereocenters. The Morgan fingerprint density at radius 3 is 2.18 bits per heavy atom. The highest BCUT2D eigenvalue weighted by Gasteiger charge is 2.35. The number of carbonyl (C=O) groups is 2. The van der Waals surface area contributed by atoms with E-state index < -0.39 is 35.4 Å². The number of halogens is 3. The molecule has 0 aliphatic rings. The lowest BCUT2D eigenvalue weighted by atomic mass is 10.1. The summed E-state index contributed by atoms with van der Waals surface area (Å²) in [7, 11) is 3.03. The normalized spacial score (nSPS) is 11.9. The van der Waals surface area contributed by atoms with Crippen molar-refractivity contribution in [3.63, 3.8) is 0 Å². The summed E-state index contributed by atoms with van der Waals surface area (Å²) in [4.78, 5) is 26.3. The molecule has 1 unspecified atom stereocenters. The minimum absolute atomic E-state index is 0.0425. The number of nitrogens with zero attached hydrogens (tertiary/aromatic N) is 1. The van der Waals surface area contributed by atoms with Crippen LogP contribution < -0.4 is 15.4 Å². The van der Waals surface area contributed by atoms with E-state index in [1.54, 1.807) is 61.5 Å². The zero-order valence-corrected chi connectivity index (χ0v) is 18.8. The standard InChI is InChI=1S/C25H24F3N3O3/c1-16(17-9-12-20(34-3)13-10-17)31(2)24(33)30-22-14-11-19(15-21(22)25(26,27)28)29-23(32)18-7-5-4-6-8-18/h4-16H,1-3H3,(H,29,32)(H,30,33). The molecule has 9 heteroatoms. The summed E-state index contributed by atoms with van der Waals surface area (Å²) in [6, 6.07) is 17.2. The zero-order chi connectivity index (χ0) is 24.9. The van der Waals surface area contributed by atoms with Gasteiger partial charge in [0.05, 0.1) is 24.4 Å².